The van der Waals surface area contributed by atoms with Crippen LogP contribution in [0.4, 0.5) is 0 Å². The maximum Gasteiger partial charge on any atom is 0.0293 e. The molecule has 0 amide bonds. The maximum absolute atomic E-state index is 5.90. The first kappa shape index (κ1) is 12.1. The Kier molecular flexibility index (Phi) is 4.63. The number of nitrogens with one attached hydrogen (secondary N) is 1. The van der Waals surface area contributed by atoms with Gasteiger partial charge in [0.25, 0.3) is 0 Å². The number of rotatable bonds is 5. The summed E-state index contributed by atoms with van der Waals surface area (Å²) in [6.45, 7) is 8.05. The molecule has 0 aromatic rings. The Morgan fingerprint density at radius 3 is 2.93 bits per heavy atom. The number of allylic oxidation sites excluding steroid dienone is 1. The minimum atomic E-state index is 0.182. The molecule has 0 saturated heterocycles. The van der Waals surface area contributed by atoms with Crippen LogP contribution in [0.5, 0.6) is 0 Å². The minimum absolute atomic E-state index is 0.182. The van der Waals surface area contributed by atoms with Gasteiger partial charge in [-0.3, -0.25) is 0 Å². The van der Waals surface area contributed by atoms with Gasteiger partial charge in [-0.2, -0.15) is 0 Å². The molecule has 0 saturated carbocycles. The zero-order valence-electron chi connectivity index (χ0n) is 9.74. The summed E-state index contributed by atoms with van der Waals surface area (Å²) in [5, 5.41) is 3.26. The lowest BCUT2D eigenvalue weighted by Crippen LogP contribution is -2.28. The molecule has 0 fully saturated rings. The smallest absolute Gasteiger partial charge is 0.0293 e. The Morgan fingerprint density at radius 1 is 1.67 bits per heavy atom. The molecule has 84 valence electrons. The topological polar surface area (TPSA) is 38.0 Å². The van der Waals surface area contributed by atoms with Crippen molar-refractivity contribution < 1.29 is 0 Å². The van der Waals surface area contributed by atoms with E-state index in [9.17, 15) is 0 Å². The van der Waals surface area contributed by atoms with Crippen molar-refractivity contribution in [1.29, 1.82) is 0 Å². The highest BCUT2D eigenvalue weighted by Crippen LogP contribution is 2.19. The van der Waals surface area contributed by atoms with Gasteiger partial charge in [0.1, 0.15) is 0 Å². The largest absolute Gasteiger partial charge is 0.388 e. The van der Waals surface area contributed by atoms with Crippen LogP contribution >= 0.6 is 0 Å². The molecule has 0 bridgehead atoms. The van der Waals surface area contributed by atoms with Gasteiger partial charge in [-0.05, 0) is 30.5 Å². The molecule has 1 aliphatic carbocycles. The zero-order valence-corrected chi connectivity index (χ0v) is 9.74. The molecule has 0 radical (unpaired) electrons. The van der Waals surface area contributed by atoms with Gasteiger partial charge in [-0.25, -0.2) is 0 Å². The van der Waals surface area contributed by atoms with E-state index in [2.05, 4.69) is 44.0 Å². The second kappa shape index (κ2) is 5.76. The molecule has 0 aliphatic heterocycles. The van der Waals surface area contributed by atoms with Crippen molar-refractivity contribution in [2.75, 3.05) is 0 Å². The first-order valence-corrected chi connectivity index (χ1v) is 5.68. The lowest BCUT2D eigenvalue weighted by Gasteiger charge is -2.22. The van der Waals surface area contributed by atoms with Crippen LogP contribution in [-0.4, -0.2) is 12.1 Å². The van der Waals surface area contributed by atoms with Gasteiger partial charge in [-0.15, -0.1) is 0 Å². The monoisotopic (exact) mass is 206 g/mol. The summed E-state index contributed by atoms with van der Waals surface area (Å²) in [4.78, 5) is 0. The third kappa shape index (κ3) is 3.56. The van der Waals surface area contributed by atoms with Crippen molar-refractivity contribution in [3.8, 4) is 0 Å². The summed E-state index contributed by atoms with van der Waals surface area (Å²) in [7, 11) is 0. The lowest BCUT2D eigenvalue weighted by atomic mass is 9.90. The molecule has 2 heteroatoms. The van der Waals surface area contributed by atoms with E-state index in [0.29, 0.717) is 12.0 Å². The highest BCUT2D eigenvalue weighted by Gasteiger charge is 2.14. The number of hydrogen-bond acceptors (Lipinski definition) is 2. The van der Waals surface area contributed by atoms with Crippen LogP contribution in [0, 0.1) is 5.92 Å². The SMILES string of the molecule is C=CNC(CC)CC1=CC(C)C(N)C=C1. The summed E-state index contributed by atoms with van der Waals surface area (Å²) in [6, 6.07) is 0.668. The van der Waals surface area contributed by atoms with Crippen LogP contribution in [0.2, 0.25) is 0 Å². The van der Waals surface area contributed by atoms with Crippen LogP contribution < -0.4 is 11.1 Å². The van der Waals surface area contributed by atoms with Crippen molar-refractivity contribution in [1.82, 2.24) is 5.32 Å². The van der Waals surface area contributed by atoms with Crippen LogP contribution in [0.3, 0.4) is 0 Å². The van der Waals surface area contributed by atoms with Gasteiger partial charge < -0.3 is 11.1 Å². The maximum atomic E-state index is 5.90. The molecule has 1 aliphatic rings. The molecule has 1 rings (SSSR count). The molecule has 0 aromatic carbocycles. The Balaban J connectivity index is 2.54. The summed E-state index contributed by atoms with van der Waals surface area (Å²) in [5.74, 6) is 0.450. The Labute approximate surface area is 92.9 Å². The van der Waals surface area contributed by atoms with Gasteiger partial charge in [0.15, 0.2) is 0 Å². The van der Waals surface area contributed by atoms with Crippen LogP contribution in [0.1, 0.15) is 26.7 Å². The summed E-state index contributed by atoms with van der Waals surface area (Å²) in [6.07, 6.45) is 10.5. The summed E-state index contributed by atoms with van der Waals surface area (Å²) in [5.41, 5.74) is 7.28. The normalized spacial score (nSPS) is 27.0. The highest BCUT2D eigenvalue weighted by molar-refractivity contribution is 5.27. The van der Waals surface area contributed by atoms with Crippen molar-refractivity contribution in [2.45, 2.75) is 38.8 Å². The van der Waals surface area contributed by atoms with Gasteiger partial charge >= 0.3 is 0 Å². The third-order valence-corrected chi connectivity index (χ3v) is 2.95. The quantitative estimate of drug-likeness (QED) is 0.724. The molecule has 0 spiro atoms. The van der Waals surface area contributed by atoms with Crippen molar-refractivity contribution in [2.24, 2.45) is 11.7 Å². The second-order valence-corrected chi connectivity index (χ2v) is 4.22. The molecule has 0 heterocycles. The fourth-order valence-corrected chi connectivity index (χ4v) is 1.82. The zero-order chi connectivity index (χ0) is 11.3. The highest BCUT2D eigenvalue weighted by atomic mass is 14.9. The average Bonchev–Trinajstić information content (AvgIpc) is 2.23. The molecular weight excluding hydrogens is 184 g/mol. The fraction of sp³-hybridized carbons (Fsp3) is 0.538. The first-order valence-electron chi connectivity index (χ1n) is 5.68. The summed E-state index contributed by atoms with van der Waals surface area (Å²) < 4.78 is 0. The third-order valence-electron chi connectivity index (χ3n) is 2.95. The molecule has 3 unspecified atom stereocenters. The van der Waals surface area contributed by atoms with E-state index in [0.717, 1.165) is 12.8 Å². The second-order valence-electron chi connectivity index (χ2n) is 4.22. The van der Waals surface area contributed by atoms with Gasteiger partial charge in [0, 0.05) is 12.1 Å². The molecule has 15 heavy (non-hydrogen) atoms. The Hall–Kier alpha value is -1.02. The number of hydrogen-bond donors (Lipinski definition) is 2. The molecular formula is C13H22N2. The van der Waals surface area contributed by atoms with Crippen LogP contribution in [0.25, 0.3) is 0 Å². The Morgan fingerprint density at radius 2 is 2.40 bits per heavy atom. The van der Waals surface area contributed by atoms with E-state index in [4.69, 9.17) is 5.73 Å². The molecule has 3 atom stereocenters. The molecule has 3 N–H and O–H groups in total. The van der Waals surface area contributed by atoms with Gasteiger partial charge in [0.05, 0.1) is 0 Å². The van der Waals surface area contributed by atoms with E-state index in [1.165, 1.54) is 5.57 Å². The van der Waals surface area contributed by atoms with E-state index in [1.807, 2.05) is 0 Å². The predicted octanol–water partition coefficient (Wildman–Crippen LogP) is 2.35. The molecule has 2 nitrogen and oxygen atoms in total. The minimum Gasteiger partial charge on any atom is -0.388 e. The van der Waals surface area contributed by atoms with Gasteiger partial charge in [0.2, 0.25) is 0 Å². The summed E-state index contributed by atoms with van der Waals surface area (Å²) >= 11 is 0. The van der Waals surface area contributed by atoms with Crippen molar-refractivity contribution in [3.05, 3.63) is 36.6 Å². The standard InChI is InChI=1S/C13H22N2/c1-4-12(15-5-2)9-11-6-7-13(14)10(3)8-11/h5-8,10,12-13,15H,2,4,9,14H2,1,3H3. The fourth-order valence-electron chi connectivity index (χ4n) is 1.82. The Bertz CT molecular complexity index is 266. The van der Waals surface area contributed by atoms with E-state index in [1.54, 1.807) is 6.20 Å². The van der Waals surface area contributed by atoms with Crippen molar-refractivity contribution in [3.63, 3.8) is 0 Å². The van der Waals surface area contributed by atoms with Crippen LogP contribution in [0.15, 0.2) is 36.6 Å². The first-order chi connectivity index (χ1) is 7.17. The average molecular weight is 206 g/mol. The lowest BCUT2D eigenvalue weighted by molar-refractivity contribution is 0.554. The van der Waals surface area contributed by atoms with E-state index in [-0.39, 0.29) is 6.04 Å². The van der Waals surface area contributed by atoms with Crippen LogP contribution in [-0.2, 0) is 0 Å². The number of nitrogens with two attached hydrogens (primary N) is 1. The predicted molar refractivity (Wildman–Crippen MR) is 66.4 cm³/mol. The molecule has 0 aromatic heterocycles. The van der Waals surface area contributed by atoms with E-state index < -0.39 is 0 Å². The van der Waals surface area contributed by atoms with Crippen molar-refractivity contribution >= 4 is 0 Å². The van der Waals surface area contributed by atoms with E-state index >= 15 is 0 Å². The van der Waals surface area contributed by atoms with Gasteiger partial charge in [-0.1, -0.05) is 38.7 Å².